The van der Waals surface area contributed by atoms with Crippen LogP contribution < -0.4 is 28.4 Å². The van der Waals surface area contributed by atoms with E-state index in [0.29, 0.717) is 134 Å². The zero-order valence-electron chi connectivity index (χ0n) is 72.8. The van der Waals surface area contributed by atoms with Gasteiger partial charge in [0.2, 0.25) is 46.9 Å². The van der Waals surface area contributed by atoms with Gasteiger partial charge in [0, 0.05) is 6.42 Å². The van der Waals surface area contributed by atoms with Crippen molar-refractivity contribution in [1.29, 1.82) is 0 Å². The number of ether oxygens (including phenoxy) is 12. The minimum absolute atomic E-state index is 0.195. The Morgan fingerprint density at radius 2 is 0.482 bits per heavy atom. The number of carbonyl (C=O) groups is 11. The van der Waals surface area contributed by atoms with Crippen molar-refractivity contribution in [3.63, 3.8) is 0 Å². The van der Waals surface area contributed by atoms with E-state index in [-0.39, 0.29) is 6.42 Å². The first-order valence-electron chi connectivity index (χ1n) is 41.8. The van der Waals surface area contributed by atoms with Crippen LogP contribution >= 0.6 is 0 Å². The third-order valence-corrected chi connectivity index (χ3v) is 20.8. The Labute approximate surface area is 790 Å². The molecule has 0 amide bonds. The van der Waals surface area contributed by atoms with E-state index in [1.807, 2.05) is 0 Å². The summed E-state index contributed by atoms with van der Waals surface area (Å²) in [7, 11) is 0. The molecule has 47 heteroatoms. The topological polar surface area (TPSA) is 784 Å². The predicted octanol–water partition coefficient (Wildman–Crippen LogP) is 11.1. The van der Waals surface area contributed by atoms with E-state index >= 15 is 19.2 Å². The molecule has 24 N–H and O–H groups in total. The van der Waals surface area contributed by atoms with Gasteiger partial charge in [-0.05, 0) is 153 Å². The van der Waals surface area contributed by atoms with E-state index in [2.05, 4.69) is 19.1 Å². The van der Waals surface area contributed by atoms with Gasteiger partial charge in [-0.1, -0.05) is 70.4 Å². The van der Waals surface area contributed by atoms with Gasteiger partial charge in [0.25, 0.3) is 0 Å². The summed E-state index contributed by atoms with van der Waals surface area (Å²) in [6, 6.07) is 8.86. The Hall–Kier alpha value is -18.7. The summed E-state index contributed by atoms with van der Waals surface area (Å²) in [6.07, 6.45) is 1.38. The molecular formula is C94H84O47. The van der Waals surface area contributed by atoms with Crippen LogP contribution in [0.2, 0.25) is 0 Å². The van der Waals surface area contributed by atoms with Crippen molar-refractivity contribution in [3.8, 4) is 172 Å². The molecule has 0 radical (unpaired) electrons. The summed E-state index contributed by atoms with van der Waals surface area (Å²) in [4.78, 5) is 157. The lowest BCUT2D eigenvalue weighted by Gasteiger charge is -2.43. The summed E-state index contributed by atoms with van der Waals surface area (Å²) in [5.41, 5.74) is -9.91. The van der Waals surface area contributed by atoms with Crippen molar-refractivity contribution in [2.45, 2.75) is 128 Å². The summed E-state index contributed by atoms with van der Waals surface area (Å²) in [5, 5.41) is 255. The van der Waals surface area contributed by atoms with E-state index in [1.54, 1.807) is 0 Å². The fraction of sp³-hybridized carbons (Fsp3) is 0.223. The summed E-state index contributed by atoms with van der Waals surface area (Å²) in [5.74, 6) is -56.5. The lowest BCUT2D eigenvalue weighted by Crippen LogP contribution is -2.63. The normalized spacial score (nSPS) is 14.3. The molecule has 5 atom stereocenters. The maximum atomic E-state index is 15.4. The van der Waals surface area contributed by atoms with E-state index in [1.165, 1.54) is 32.1 Å². The fourth-order valence-electron chi connectivity index (χ4n) is 13.5. The standard InChI is InChI=1S/C94H84O47/c1-2-3-4-5-6-7-8-9-10-11-12-13-14-15-16-17-70(110)137-80-62(108)31-43(32-63(80)109)89(125)135-65-34-45(27-58(104)76(65)116)90(126)138-81-69(38-130-84(120)44-26-57(103)75(115)64(33-44)131-85(121)39-18-49(95)71(111)50(96)19-39)136-94(141-93(129)48-30-61(107)79(119)68(37-48)134-88(124)42-24-55(101)74(114)56(102)25-42)83(140-92(128)47-29-60(106)78(118)67(36-47)133-87(123)41-22-53(99)73(113)54(100)23-41)82(81)139-91(127)46-28-59(105)77(117)66(35-46)132-86(122)40-20-51(97)72(112)52(98)21-40/h9-10,18-37,69,81-83,94-109,111-119H,2-8,11-17,38H2,1H3/b10-9-/t69-,81-,82+,83-,94?/m1/s1. The van der Waals surface area contributed by atoms with Crippen LogP contribution in [-0.2, 0) is 33.2 Å². The number of phenols is 24. The maximum Gasteiger partial charge on any atom is 0.343 e. The number of unbranched alkanes of at least 4 members (excludes halogenated alkanes) is 11. The molecule has 10 aromatic carbocycles. The first kappa shape index (κ1) is 103. The molecule has 47 nitrogen and oxygen atoms in total. The highest BCUT2D eigenvalue weighted by molar-refractivity contribution is 6.00. The molecule has 1 fully saturated rings. The van der Waals surface area contributed by atoms with Crippen LogP contribution in [0.3, 0.4) is 0 Å². The number of carbonyl (C=O) groups excluding carboxylic acids is 11. The zero-order chi connectivity index (χ0) is 103. The van der Waals surface area contributed by atoms with E-state index in [0.717, 1.165) is 38.5 Å². The third-order valence-electron chi connectivity index (χ3n) is 20.8. The van der Waals surface area contributed by atoms with Crippen LogP contribution in [0, 0.1) is 0 Å². The lowest BCUT2D eigenvalue weighted by atomic mass is 9.97. The van der Waals surface area contributed by atoms with Crippen LogP contribution in [-0.4, -0.2) is 226 Å². The van der Waals surface area contributed by atoms with Gasteiger partial charge < -0.3 is 179 Å². The minimum atomic E-state index is -3.14. The maximum absolute atomic E-state index is 15.4. The SMILES string of the molecule is CCCCCCCC/C=C\CCCCCCCC(=O)Oc1c(O)cc(C(=O)Oc2cc(C(=O)O[C@H]3[C@H](OC(=O)c4cc(O)c(O)c(OC(=O)c5cc(O)c(O)c(O)c5)c4)[C@@H](OC(=O)c4cc(O)c(O)c(OC(=O)c5cc(O)c(O)c(O)c5)c4)C(OC(=O)c4cc(O)c(O)c(OC(=O)c5cc(O)c(O)c(O)c5)c4)O[C@@H]3COC(=O)c3cc(O)c(O)c(OC(=O)c4cc(O)c(O)c(O)c4)c3)cc(O)c2O)cc1O. The molecule has 141 heavy (non-hydrogen) atoms. The minimum Gasteiger partial charge on any atom is -0.504 e. The van der Waals surface area contributed by atoms with Gasteiger partial charge in [0.1, 0.15) is 12.7 Å². The zero-order valence-corrected chi connectivity index (χ0v) is 72.8. The third kappa shape index (κ3) is 24.9. The molecule has 0 aromatic heterocycles. The molecule has 0 saturated carbocycles. The Morgan fingerprint density at radius 3 is 0.780 bits per heavy atom. The average molecular weight is 1970 g/mol. The second kappa shape index (κ2) is 44.6. The van der Waals surface area contributed by atoms with Crippen molar-refractivity contribution >= 4 is 65.7 Å². The van der Waals surface area contributed by atoms with Crippen molar-refractivity contribution in [2.75, 3.05) is 6.61 Å². The van der Waals surface area contributed by atoms with Gasteiger partial charge in [0.05, 0.1) is 55.6 Å². The Balaban J connectivity index is 1.01. The van der Waals surface area contributed by atoms with Crippen molar-refractivity contribution < 1.29 is 232 Å². The number of allylic oxidation sites excluding steroid dienone is 2. The number of hydrogen-bond acceptors (Lipinski definition) is 47. The van der Waals surface area contributed by atoms with Gasteiger partial charge in [-0.3, -0.25) is 4.79 Å². The monoisotopic (exact) mass is 1960 g/mol. The largest absolute Gasteiger partial charge is 0.504 e. The lowest BCUT2D eigenvalue weighted by molar-refractivity contribution is -0.282. The van der Waals surface area contributed by atoms with Crippen molar-refractivity contribution in [1.82, 2.24) is 0 Å². The quantitative estimate of drug-likeness (QED) is 0.00429. The Bertz CT molecular complexity index is 6490. The second-order valence-electron chi connectivity index (χ2n) is 30.9. The highest BCUT2D eigenvalue weighted by atomic mass is 16.8. The molecule has 1 unspecified atom stereocenters. The second-order valence-corrected chi connectivity index (χ2v) is 30.9. The highest BCUT2D eigenvalue weighted by Crippen LogP contribution is 2.48. The highest BCUT2D eigenvalue weighted by Gasteiger charge is 2.55. The molecular weight excluding hydrogens is 1880 g/mol. The smallest absolute Gasteiger partial charge is 0.343 e. The molecule has 742 valence electrons. The van der Waals surface area contributed by atoms with E-state index in [4.69, 9.17) is 56.8 Å². The van der Waals surface area contributed by atoms with Gasteiger partial charge in [0.15, 0.2) is 150 Å². The molecule has 1 saturated heterocycles. The van der Waals surface area contributed by atoms with Gasteiger partial charge in [-0.2, -0.15) is 0 Å². The number of rotatable bonds is 37. The van der Waals surface area contributed by atoms with Crippen molar-refractivity contribution in [2.24, 2.45) is 0 Å². The average Bonchev–Trinajstić information content (AvgIpc) is 0.762. The van der Waals surface area contributed by atoms with E-state index in [9.17, 15) is 156 Å². The van der Waals surface area contributed by atoms with E-state index < -0.39 is 331 Å². The number of esters is 11. The van der Waals surface area contributed by atoms with Gasteiger partial charge in [-0.15, -0.1) is 0 Å². The number of phenolic OH excluding ortho intramolecular Hbond substituents is 24. The first-order chi connectivity index (χ1) is 66.8. The van der Waals surface area contributed by atoms with Crippen LogP contribution in [0.5, 0.6) is 172 Å². The van der Waals surface area contributed by atoms with Crippen LogP contribution in [0.4, 0.5) is 0 Å². The molecule has 1 aliphatic rings. The molecule has 11 rings (SSSR count). The number of benzene rings is 10. The first-order valence-corrected chi connectivity index (χ1v) is 41.8. The summed E-state index contributed by atoms with van der Waals surface area (Å²) in [6.45, 7) is 0.438. The Kier molecular flexibility index (Phi) is 32.5. The fourth-order valence-corrected chi connectivity index (χ4v) is 13.5. The van der Waals surface area contributed by atoms with Gasteiger partial charge in [-0.25, -0.2) is 47.9 Å². The molecule has 0 spiro atoms. The summed E-state index contributed by atoms with van der Waals surface area (Å²) < 4.78 is 66.4. The number of hydrogen-bond donors (Lipinski definition) is 24. The molecule has 0 aliphatic carbocycles. The van der Waals surface area contributed by atoms with Crippen LogP contribution in [0.15, 0.2) is 133 Å². The van der Waals surface area contributed by atoms with Crippen molar-refractivity contribution in [3.05, 3.63) is 189 Å². The van der Waals surface area contributed by atoms with Crippen LogP contribution in [0.25, 0.3) is 0 Å². The molecule has 1 aliphatic heterocycles. The van der Waals surface area contributed by atoms with Crippen LogP contribution in [0.1, 0.15) is 200 Å². The molecule has 10 aromatic rings. The predicted molar refractivity (Wildman–Crippen MR) is 466 cm³/mol. The Morgan fingerprint density at radius 1 is 0.248 bits per heavy atom. The molecule has 0 bridgehead atoms. The van der Waals surface area contributed by atoms with Gasteiger partial charge >= 0.3 is 65.7 Å². The number of aromatic hydroxyl groups is 24. The molecule has 1 heterocycles. The summed E-state index contributed by atoms with van der Waals surface area (Å²) >= 11 is 0.